The highest BCUT2D eigenvalue weighted by molar-refractivity contribution is 7.92. The predicted octanol–water partition coefficient (Wildman–Crippen LogP) is 3.01. The third kappa shape index (κ3) is 3.03. The highest BCUT2D eigenvalue weighted by atomic mass is 32.2. The van der Waals surface area contributed by atoms with Crippen molar-refractivity contribution in [2.24, 2.45) is 0 Å². The Labute approximate surface area is 122 Å². The Hall–Kier alpha value is -2.41. The summed E-state index contributed by atoms with van der Waals surface area (Å²) in [6, 6.07) is 10.6. The zero-order valence-electron chi connectivity index (χ0n) is 11.5. The molecule has 0 unspecified atom stereocenters. The summed E-state index contributed by atoms with van der Waals surface area (Å²) in [5.74, 6) is 0. The van der Waals surface area contributed by atoms with E-state index in [9.17, 15) is 18.5 Å². The van der Waals surface area contributed by atoms with Crippen LogP contribution in [-0.4, -0.2) is 13.3 Å². The molecule has 0 atom stereocenters. The van der Waals surface area contributed by atoms with Crippen molar-refractivity contribution >= 4 is 21.4 Å². The van der Waals surface area contributed by atoms with Crippen LogP contribution in [0.2, 0.25) is 0 Å². The number of benzene rings is 2. The average molecular weight is 306 g/mol. The van der Waals surface area contributed by atoms with Crippen molar-refractivity contribution in [1.82, 2.24) is 0 Å². The number of nitrogens with one attached hydrogen (secondary N) is 1. The van der Waals surface area contributed by atoms with Crippen molar-refractivity contribution in [1.29, 1.82) is 0 Å². The standard InChI is InChI=1S/C14H14N2O4S/c1-10-11(2)14(16(17)18)9-8-13(10)15-21(19,20)12-6-4-3-5-7-12/h3-9,15H,1-2H3. The topological polar surface area (TPSA) is 89.3 Å². The summed E-state index contributed by atoms with van der Waals surface area (Å²) in [6.45, 7) is 3.24. The number of sulfonamides is 1. The fourth-order valence-corrected chi connectivity index (χ4v) is 3.06. The Morgan fingerprint density at radius 3 is 2.19 bits per heavy atom. The summed E-state index contributed by atoms with van der Waals surface area (Å²) in [5, 5.41) is 10.9. The summed E-state index contributed by atoms with van der Waals surface area (Å²) >= 11 is 0. The van der Waals surface area contributed by atoms with Gasteiger partial charge < -0.3 is 0 Å². The quantitative estimate of drug-likeness (QED) is 0.694. The van der Waals surface area contributed by atoms with Gasteiger partial charge in [-0.3, -0.25) is 14.8 Å². The molecule has 110 valence electrons. The molecule has 0 aliphatic heterocycles. The van der Waals surface area contributed by atoms with Gasteiger partial charge in [0.15, 0.2) is 0 Å². The molecule has 0 heterocycles. The van der Waals surface area contributed by atoms with Crippen molar-refractivity contribution < 1.29 is 13.3 Å². The number of hydrogen-bond donors (Lipinski definition) is 1. The predicted molar refractivity (Wildman–Crippen MR) is 79.8 cm³/mol. The van der Waals surface area contributed by atoms with Gasteiger partial charge in [0.2, 0.25) is 0 Å². The molecule has 1 N–H and O–H groups in total. The lowest BCUT2D eigenvalue weighted by Crippen LogP contribution is -2.14. The van der Waals surface area contributed by atoms with E-state index in [0.717, 1.165) is 0 Å². The Bertz CT molecular complexity index is 786. The van der Waals surface area contributed by atoms with Crippen LogP contribution in [0.3, 0.4) is 0 Å². The number of hydrogen-bond acceptors (Lipinski definition) is 4. The number of nitrogens with zero attached hydrogens (tertiary/aromatic N) is 1. The monoisotopic (exact) mass is 306 g/mol. The van der Waals surface area contributed by atoms with Crippen LogP contribution >= 0.6 is 0 Å². The zero-order valence-corrected chi connectivity index (χ0v) is 12.3. The summed E-state index contributed by atoms with van der Waals surface area (Å²) in [4.78, 5) is 10.5. The van der Waals surface area contributed by atoms with Gasteiger partial charge in [-0.2, -0.15) is 0 Å². The molecule has 0 aromatic heterocycles. The maximum Gasteiger partial charge on any atom is 0.272 e. The molecule has 0 saturated carbocycles. The van der Waals surface area contributed by atoms with Crippen LogP contribution in [0.25, 0.3) is 0 Å². The van der Waals surface area contributed by atoms with Crippen LogP contribution < -0.4 is 4.72 Å². The van der Waals surface area contributed by atoms with E-state index in [4.69, 9.17) is 0 Å². The van der Waals surface area contributed by atoms with Crippen molar-refractivity contribution in [2.45, 2.75) is 18.7 Å². The molecule has 0 spiro atoms. The van der Waals surface area contributed by atoms with Gasteiger partial charge in [0.25, 0.3) is 15.7 Å². The van der Waals surface area contributed by atoms with Gasteiger partial charge in [-0.25, -0.2) is 8.42 Å². The third-order valence-corrected chi connectivity index (χ3v) is 4.63. The van der Waals surface area contributed by atoms with Gasteiger partial charge in [-0.15, -0.1) is 0 Å². The molecule has 6 nitrogen and oxygen atoms in total. The molecule has 7 heteroatoms. The highest BCUT2D eigenvalue weighted by Gasteiger charge is 2.19. The maximum atomic E-state index is 12.2. The fraction of sp³-hybridized carbons (Fsp3) is 0.143. The summed E-state index contributed by atoms with van der Waals surface area (Å²) in [6.07, 6.45) is 0. The zero-order chi connectivity index (χ0) is 15.6. The van der Waals surface area contributed by atoms with Crippen LogP contribution in [0, 0.1) is 24.0 Å². The first-order valence-electron chi connectivity index (χ1n) is 6.15. The van der Waals surface area contributed by atoms with Gasteiger partial charge in [0.05, 0.1) is 15.5 Å². The van der Waals surface area contributed by atoms with Crippen LogP contribution in [0.5, 0.6) is 0 Å². The van der Waals surface area contributed by atoms with E-state index in [1.807, 2.05) is 0 Å². The van der Waals surface area contributed by atoms with E-state index in [1.54, 1.807) is 32.0 Å². The maximum absolute atomic E-state index is 12.2. The summed E-state index contributed by atoms with van der Waals surface area (Å²) in [5.41, 5.74) is 1.27. The molecule has 0 saturated heterocycles. The molecule has 21 heavy (non-hydrogen) atoms. The van der Waals surface area contributed by atoms with Gasteiger partial charge >= 0.3 is 0 Å². The third-order valence-electron chi connectivity index (χ3n) is 3.25. The van der Waals surface area contributed by atoms with Crippen LogP contribution in [0.4, 0.5) is 11.4 Å². The molecule has 2 aromatic rings. The first kappa shape index (κ1) is 15.0. The number of rotatable bonds is 4. The lowest BCUT2D eigenvalue weighted by molar-refractivity contribution is -0.385. The van der Waals surface area contributed by atoms with Crippen molar-refractivity contribution in [3.63, 3.8) is 0 Å². The molecule has 2 rings (SSSR count). The Kier molecular flexibility index (Phi) is 3.95. The van der Waals surface area contributed by atoms with E-state index in [0.29, 0.717) is 16.8 Å². The van der Waals surface area contributed by atoms with Crippen LogP contribution in [0.15, 0.2) is 47.4 Å². The SMILES string of the molecule is Cc1c(NS(=O)(=O)c2ccccc2)ccc([N+](=O)[O-])c1C. The van der Waals surface area contributed by atoms with Crippen molar-refractivity contribution in [3.05, 3.63) is 63.7 Å². The van der Waals surface area contributed by atoms with Gasteiger partial charge in [-0.1, -0.05) is 18.2 Å². The number of nitro groups is 1. The van der Waals surface area contributed by atoms with Gasteiger partial charge in [-0.05, 0) is 37.6 Å². The van der Waals surface area contributed by atoms with Gasteiger partial charge in [0, 0.05) is 11.6 Å². The van der Waals surface area contributed by atoms with Gasteiger partial charge in [0.1, 0.15) is 0 Å². The average Bonchev–Trinajstić information content (AvgIpc) is 2.44. The lowest BCUT2D eigenvalue weighted by Gasteiger charge is -2.12. The fourth-order valence-electron chi connectivity index (χ4n) is 1.92. The second-order valence-electron chi connectivity index (χ2n) is 4.56. The number of anilines is 1. The molecule has 0 aliphatic carbocycles. The Balaban J connectivity index is 2.41. The van der Waals surface area contributed by atoms with Crippen LogP contribution in [0.1, 0.15) is 11.1 Å². The molecule has 0 fully saturated rings. The molecular weight excluding hydrogens is 292 g/mol. The van der Waals surface area contributed by atoms with E-state index in [2.05, 4.69) is 4.72 Å². The van der Waals surface area contributed by atoms with E-state index in [1.165, 1.54) is 24.3 Å². The molecule has 2 aromatic carbocycles. The summed E-state index contributed by atoms with van der Waals surface area (Å²) in [7, 11) is -3.71. The van der Waals surface area contributed by atoms with E-state index < -0.39 is 14.9 Å². The highest BCUT2D eigenvalue weighted by Crippen LogP contribution is 2.28. The van der Waals surface area contributed by atoms with Crippen molar-refractivity contribution in [2.75, 3.05) is 4.72 Å². The Morgan fingerprint density at radius 1 is 1.00 bits per heavy atom. The van der Waals surface area contributed by atoms with E-state index >= 15 is 0 Å². The molecule has 0 bridgehead atoms. The minimum atomic E-state index is -3.71. The first-order chi connectivity index (χ1) is 9.83. The molecule has 0 radical (unpaired) electrons. The largest absolute Gasteiger partial charge is 0.279 e. The minimum absolute atomic E-state index is 0.0323. The minimum Gasteiger partial charge on any atom is -0.279 e. The first-order valence-corrected chi connectivity index (χ1v) is 7.63. The Morgan fingerprint density at radius 2 is 1.62 bits per heavy atom. The lowest BCUT2D eigenvalue weighted by atomic mass is 10.1. The second-order valence-corrected chi connectivity index (χ2v) is 6.24. The second kappa shape index (κ2) is 5.53. The number of nitro benzene ring substituents is 1. The molecule has 0 amide bonds. The normalized spacial score (nSPS) is 11.1. The van der Waals surface area contributed by atoms with Crippen molar-refractivity contribution in [3.8, 4) is 0 Å². The smallest absolute Gasteiger partial charge is 0.272 e. The van der Waals surface area contributed by atoms with Crippen LogP contribution in [-0.2, 0) is 10.0 Å². The van der Waals surface area contributed by atoms with E-state index in [-0.39, 0.29) is 10.6 Å². The summed E-state index contributed by atoms with van der Waals surface area (Å²) < 4.78 is 26.9. The molecule has 0 aliphatic rings. The molecular formula is C14H14N2O4S.